The van der Waals surface area contributed by atoms with Crippen molar-refractivity contribution in [2.75, 3.05) is 27.2 Å². The summed E-state index contributed by atoms with van der Waals surface area (Å²) in [6.07, 6.45) is 2.67. The van der Waals surface area contributed by atoms with Crippen LogP contribution in [0.4, 0.5) is 4.79 Å². The average Bonchev–Trinajstić information content (AvgIpc) is 3.30. The van der Waals surface area contributed by atoms with Gasteiger partial charge in [-0.25, -0.2) is 4.79 Å². The van der Waals surface area contributed by atoms with Crippen LogP contribution in [0.3, 0.4) is 0 Å². The summed E-state index contributed by atoms with van der Waals surface area (Å²) in [6, 6.07) is 9.67. The molecule has 2 aliphatic heterocycles. The monoisotopic (exact) mass is 527 g/mol. The number of hydroxylamine groups is 2. The molecule has 2 amide bonds. The molecule has 1 spiro atoms. The third kappa shape index (κ3) is 5.08. The van der Waals surface area contributed by atoms with Gasteiger partial charge >= 0.3 is 6.03 Å². The van der Waals surface area contributed by atoms with Crippen LogP contribution < -0.4 is 0 Å². The molecular formula is C27H41N5O4Si. The van der Waals surface area contributed by atoms with Crippen LogP contribution in [0.1, 0.15) is 69.5 Å². The maximum Gasteiger partial charge on any atom is 0.345 e. The van der Waals surface area contributed by atoms with Crippen LogP contribution in [0.2, 0.25) is 18.1 Å². The van der Waals surface area contributed by atoms with Crippen LogP contribution in [0.15, 0.2) is 34.7 Å². The van der Waals surface area contributed by atoms with E-state index in [1.54, 1.807) is 5.06 Å². The molecule has 3 fully saturated rings. The van der Waals surface area contributed by atoms with Crippen LogP contribution in [-0.4, -0.2) is 72.6 Å². The van der Waals surface area contributed by atoms with Gasteiger partial charge in [-0.3, -0.25) is 4.84 Å². The summed E-state index contributed by atoms with van der Waals surface area (Å²) in [5, 5.41) is 10.6. The fraction of sp³-hybridized carbons (Fsp3) is 0.667. The van der Waals surface area contributed by atoms with Gasteiger partial charge in [0.25, 0.3) is 0 Å². The first-order valence-electron chi connectivity index (χ1n) is 13.3. The Kier molecular flexibility index (Phi) is 6.75. The molecule has 10 heteroatoms. The lowest BCUT2D eigenvalue weighted by molar-refractivity contribution is -0.153. The number of hydrogen-bond acceptors (Lipinski definition) is 7. The van der Waals surface area contributed by atoms with Crippen molar-refractivity contribution >= 4 is 14.3 Å². The number of hydrogen-bond donors (Lipinski definition) is 0. The first-order chi connectivity index (χ1) is 17.4. The smallest absolute Gasteiger partial charge is 0.345 e. The molecule has 1 aromatic carbocycles. The number of carbonyl (C=O) groups excluding carboxylic acids is 1. The van der Waals surface area contributed by atoms with Gasteiger partial charge in [-0.1, -0.05) is 51.1 Å². The third-order valence-electron chi connectivity index (χ3n) is 8.67. The van der Waals surface area contributed by atoms with Crippen molar-refractivity contribution in [3.05, 3.63) is 47.7 Å². The van der Waals surface area contributed by atoms with Crippen molar-refractivity contribution in [1.29, 1.82) is 0 Å². The Bertz CT molecular complexity index is 1110. The Hall–Kier alpha value is -2.27. The topological polar surface area (TPSA) is 84.2 Å². The molecule has 1 saturated carbocycles. The number of carbonyl (C=O) groups is 1. The fourth-order valence-corrected chi connectivity index (χ4v) is 6.50. The zero-order chi connectivity index (χ0) is 26.6. The SMILES string of the molecule is CN(C)C[C@H](O[Si](C)(C)C(C)(C)C)c1nnc([C@@H]2CC3(CC3)[C@@H]3CN2C(=O)N3OCc2ccccc2)o1. The molecule has 5 rings (SSSR count). The van der Waals surface area contributed by atoms with Gasteiger partial charge in [-0.15, -0.1) is 10.2 Å². The largest absolute Gasteiger partial charge is 0.420 e. The molecule has 9 nitrogen and oxygen atoms in total. The minimum absolute atomic E-state index is 0.0549. The number of fused-ring (bicyclic) bond motifs is 3. The van der Waals surface area contributed by atoms with Gasteiger partial charge in [0.2, 0.25) is 11.8 Å². The summed E-state index contributed by atoms with van der Waals surface area (Å²) >= 11 is 0. The van der Waals surface area contributed by atoms with E-state index < -0.39 is 8.32 Å². The van der Waals surface area contributed by atoms with Crippen LogP contribution in [0, 0.1) is 5.41 Å². The number of likely N-dealkylation sites (N-methyl/N-ethyl adjacent to an activating group) is 1. The summed E-state index contributed by atoms with van der Waals surface area (Å²) < 4.78 is 13.0. The van der Waals surface area contributed by atoms with Gasteiger partial charge in [0.05, 0.1) is 6.04 Å². The molecule has 3 atom stereocenters. The molecule has 37 heavy (non-hydrogen) atoms. The lowest BCUT2D eigenvalue weighted by Gasteiger charge is -2.39. The molecule has 3 heterocycles. The second kappa shape index (κ2) is 9.48. The Labute approximate surface area is 221 Å². The standard InChI is InChI=1S/C27H41N5O4Si/c1-26(2,3)37(6,7)36-21(16-30(4)5)24-29-28-23(35-24)20-15-27(13-14-27)22-17-31(20)25(33)32(22)34-18-19-11-9-8-10-12-19/h8-12,20-22H,13-18H2,1-7H3/t20-,21-,22-/m0/s1. The highest BCUT2D eigenvalue weighted by atomic mass is 28.4. The van der Waals surface area contributed by atoms with Crippen molar-refractivity contribution in [1.82, 2.24) is 25.1 Å². The molecule has 1 aliphatic carbocycles. The quantitative estimate of drug-likeness (QED) is 0.417. The lowest BCUT2D eigenvalue weighted by Crippen LogP contribution is -2.43. The van der Waals surface area contributed by atoms with Gasteiger partial charge in [-0.2, -0.15) is 5.06 Å². The maximum atomic E-state index is 13.5. The Morgan fingerprint density at radius 3 is 2.51 bits per heavy atom. The predicted molar refractivity (Wildman–Crippen MR) is 142 cm³/mol. The number of urea groups is 1. The van der Waals surface area contributed by atoms with E-state index in [1.165, 1.54) is 0 Å². The first-order valence-corrected chi connectivity index (χ1v) is 16.2. The molecule has 0 unspecified atom stereocenters. The zero-order valence-electron chi connectivity index (χ0n) is 23.2. The molecule has 202 valence electrons. The van der Waals surface area contributed by atoms with Gasteiger partial charge < -0.3 is 18.6 Å². The van der Waals surface area contributed by atoms with Gasteiger partial charge in [0, 0.05) is 13.1 Å². The summed E-state index contributed by atoms with van der Waals surface area (Å²) in [5.41, 5.74) is 1.10. The van der Waals surface area contributed by atoms with Gasteiger partial charge in [0.15, 0.2) is 8.32 Å². The molecule has 0 N–H and O–H groups in total. The Balaban J connectivity index is 1.35. The van der Waals surface area contributed by atoms with E-state index >= 15 is 0 Å². The Morgan fingerprint density at radius 1 is 1.19 bits per heavy atom. The summed E-state index contributed by atoms with van der Waals surface area (Å²) in [5.74, 6) is 0.991. The third-order valence-corrected chi connectivity index (χ3v) is 13.2. The zero-order valence-corrected chi connectivity index (χ0v) is 24.2. The van der Waals surface area contributed by atoms with E-state index in [0.717, 1.165) is 24.8 Å². The number of nitrogens with zero attached hydrogens (tertiary/aromatic N) is 5. The Morgan fingerprint density at radius 2 is 1.89 bits per heavy atom. The molecule has 2 saturated heterocycles. The van der Waals surface area contributed by atoms with Crippen LogP contribution in [0.25, 0.3) is 0 Å². The number of rotatable bonds is 9. The fourth-order valence-electron chi connectivity index (χ4n) is 5.26. The molecular weight excluding hydrogens is 486 g/mol. The molecule has 3 aliphatic rings. The van der Waals surface area contributed by atoms with Gasteiger partial charge in [0.1, 0.15) is 18.8 Å². The maximum absolute atomic E-state index is 13.5. The summed E-state index contributed by atoms with van der Waals surface area (Å²) in [6.45, 7) is 12.8. The highest BCUT2D eigenvalue weighted by Crippen LogP contribution is 2.61. The number of amides is 2. The van der Waals surface area contributed by atoms with E-state index in [0.29, 0.717) is 31.5 Å². The van der Waals surface area contributed by atoms with Crippen molar-refractivity contribution in [3.63, 3.8) is 0 Å². The highest BCUT2D eigenvalue weighted by molar-refractivity contribution is 6.74. The van der Waals surface area contributed by atoms with Crippen LogP contribution >= 0.6 is 0 Å². The highest BCUT2D eigenvalue weighted by Gasteiger charge is 2.64. The molecule has 0 radical (unpaired) electrons. The number of benzene rings is 1. The minimum atomic E-state index is -2.07. The molecule has 2 aromatic rings. The van der Waals surface area contributed by atoms with Gasteiger partial charge in [-0.05, 0) is 62.5 Å². The van der Waals surface area contributed by atoms with E-state index in [4.69, 9.17) is 13.7 Å². The number of piperidine rings is 1. The first kappa shape index (κ1) is 26.3. The molecule has 2 bridgehead atoms. The van der Waals surface area contributed by atoms with Crippen molar-refractivity contribution < 1.29 is 18.5 Å². The molecule has 1 aromatic heterocycles. The average molecular weight is 528 g/mol. The van der Waals surface area contributed by atoms with Crippen LogP contribution in [-0.2, 0) is 15.9 Å². The van der Waals surface area contributed by atoms with Crippen molar-refractivity contribution in [2.45, 2.75) is 83.0 Å². The summed E-state index contributed by atoms with van der Waals surface area (Å²) in [4.78, 5) is 23.5. The second-order valence-electron chi connectivity index (χ2n) is 12.7. The second-order valence-corrected chi connectivity index (χ2v) is 17.5. The van der Waals surface area contributed by atoms with E-state index in [9.17, 15) is 4.79 Å². The van der Waals surface area contributed by atoms with Crippen molar-refractivity contribution in [3.8, 4) is 0 Å². The van der Waals surface area contributed by atoms with E-state index in [1.807, 2.05) is 49.3 Å². The lowest BCUT2D eigenvalue weighted by atomic mass is 9.85. The van der Waals surface area contributed by atoms with E-state index in [2.05, 4.69) is 49.0 Å². The summed E-state index contributed by atoms with van der Waals surface area (Å²) in [7, 11) is 1.96. The van der Waals surface area contributed by atoms with Crippen molar-refractivity contribution in [2.24, 2.45) is 5.41 Å². The normalized spacial score (nSPS) is 23.8. The van der Waals surface area contributed by atoms with Crippen LogP contribution in [0.5, 0.6) is 0 Å². The predicted octanol–water partition coefficient (Wildman–Crippen LogP) is 5.16. The number of aromatic nitrogens is 2. The van der Waals surface area contributed by atoms with E-state index in [-0.39, 0.29) is 34.7 Å². The minimum Gasteiger partial charge on any atom is -0.420 e.